The van der Waals surface area contributed by atoms with Gasteiger partial charge in [0.05, 0.1) is 0 Å². The molecule has 0 saturated carbocycles. The summed E-state index contributed by atoms with van der Waals surface area (Å²) in [5.41, 5.74) is 0. The van der Waals surface area contributed by atoms with Gasteiger partial charge in [-0.3, -0.25) is 0 Å². The van der Waals surface area contributed by atoms with Gasteiger partial charge in [0.25, 0.3) is 0 Å². The van der Waals surface area contributed by atoms with Gasteiger partial charge >= 0.3 is 76.7 Å². The fourth-order valence-electron chi connectivity index (χ4n) is 0.896. The van der Waals surface area contributed by atoms with Gasteiger partial charge in [-0.05, 0) is 0 Å². The van der Waals surface area contributed by atoms with E-state index in [1.54, 1.807) is 12.1 Å². The van der Waals surface area contributed by atoms with E-state index >= 15 is 0 Å². The van der Waals surface area contributed by atoms with Crippen molar-refractivity contribution in [2.45, 2.75) is 0 Å². The fraction of sp³-hybridized carbons (Fsp3) is 0. The second-order valence-electron chi connectivity index (χ2n) is 2.11. The molecule has 0 aromatic heterocycles. The summed E-state index contributed by atoms with van der Waals surface area (Å²) >= 11 is -3.59. The Hall–Kier alpha value is 0.199. The first-order valence-corrected chi connectivity index (χ1v) is 12.6. The van der Waals surface area contributed by atoms with Gasteiger partial charge in [0, 0.05) is 0 Å². The molecule has 2 rings (SSSR count). The Labute approximate surface area is 76.4 Å². The first-order chi connectivity index (χ1) is 5.17. The predicted octanol–water partition coefficient (Wildman–Crippen LogP) is 2.37. The molecule has 0 saturated heterocycles. The standard InChI is InChI=1S/C6H6O2.2ClH.Sn/c7-5-3-1-2-4-6(5)8;;;/h1-4,7-8H;2*1H;/q;;;+4/p-4. The fourth-order valence-corrected chi connectivity index (χ4v) is 5.67. The summed E-state index contributed by atoms with van der Waals surface area (Å²) in [5.74, 6) is 1.32. The third-order valence-electron chi connectivity index (χ3n) is 1.31. The topological polar surface area (TPSA) is 18.5 Å². The number of halogens is 2. The van der Waals surface area contributed by atoms with E-state index in [1.165, 1.54) is 0 Å². The van der Waals surface area contributed by atoms with Crippen LogP contribution in [0.1, 0.15) is 0 Å². The molecule has 0 N–H and O–H groups in total. The Morgan fingerprint density at radius 1 is 1.00 bits per heavy atom. The van der Waals surface area contributed by atoms with E-state index in [1.807, 2.05) is 12.1 Å². The summed E-state index contributed by atoms with van der Waals surface area (Å²) in [7, 11) is 11.5. The first kappa shape index (κ1) is 7.83. The van der Waals surface area contributed by atoms with Crippen molar-refractivity contribution in [3.8, 4) is 11.5 Å². The van der Waals surface area contributed by atoms with Crippen molar-refractivity contribution in [1.29, 1.82) is 0 Å². The zero-order chi connectivity index (χ0) is 7.90. The van der Waals surface area contributed by atoms with E-state index in [4.69, 9.17) is 24.0 Å². The summed E-state index contributed by atoms with van der Waals surface area (Å²) in [6.07, 6.45) is 0. The maximum atomic E-state index is 5.76. The first-order valence-electron chi connectivity index (χ1n) is 3.02. The maximum absolute atomic E-state index is 5.76. The molecule has 0 spiro atoms. The molecule has 1 aliphatic heterocycles. The number of para-hydroxylation sites is 2. The third-order valence-corrected chi connectivity index (χ3v) is 5.99. The van der Waals surface area contributed by atoms with Crippen molar-refractivity contribution >= 4 is 34.8 Å². The van der Waals surface area contributed by atoms with E-state index in [9.17, 15) is 0 Å². The van der Waals surface area contributed by atoms with E-state index in [-0.39, 0.29) is 0 Å². The van der Waals surface area contributed by atoms with E-state index in [0.29, 0.717) is 11.5 Å². The molecular weight excluding hydrogens is 294 g/mol. The predicted molar refractivity (Wildman–Crippen MR) is 45.2 cm³/mol. The summed E-state index contributed by atoms with van der Waals surface area (Å²) in [5, 5.41) is 0. The van der Waals surface area contributed by atoms with Crippen LogP contribution in [-0.4, -0.2) is 17.0 Å². The van der Waals surface area contributed by atoms with Crippen LogP contribution in [0, 0.1) is 0 Å². The van der Waals surface area contributed by atoms with Gasteiger partial charge in [0.15, 0.2) is 0 Å². The number of hydrogen-bond acceptors (Lipinski definition) is 2. The molecular formula is C6H4Cl2O2Sn. The van der Waals surface area contributed by atoms with Crippen molar-refractivity contribution < 1.29 is 6.15 Å². The Bertz CT molecular complexity index is 263. The van der Waals surface area contributed by atoms with E-state index in [0.717, 1.165) is 0 Å². The van der Waals surface area contributed by atoms with Crippen LogP contribution in [0.15, 0.2) is 24.3 Å². The molecule has 0 amide bonds. The van der Waals surface area contributed by atoms with Gasteiger partial charge in [-0.15, -0.1) is 0 Å². The minimum absolute atomic E-state index is 0.660. The van der Waals surface area contributed by atoms with Crippen LogP contribution in [0.4, 0.5) is 0 Å². The summed E-state index contributed by atoms with van der Waals surface area (Å²) in [6, 6.07) is 7.28. The van der Waals surface area contributed by atoms with E-state index < -0.39 is 17.0 Å². The molecule has 0 atom stereocenters. The monoisotopic (exact) mass is 298 g/mol. The number of benzene rings is 1. The van der Waals surface area contributed by atoms with Crippen LogP contribution in [-0.2, 0) is 0 Å². The third kappa shape index (κ3) is 1.53. The zero-order valence-corrected chi connectivity index (χ0v) is 9.75. The Kier molecular flexibility index (Phi) is 1.85. The second-order valence-corrected chi connectivity index (χ2v) is 13.9. The van der Waals surface area contributed by atoms with Crippen LogP contribution in [0.5, 0.6) is 11.5 Å². The van der Waals surface area contributed by atoms with Crippen molar-refractivity contribution in [1.82, 2.24) is 0 Å². The van der Waals surface area contributed by atoms with Crippen molar-refractivity contribution in [2.75, 3.05) is 0 Å². The Morgan fingerprint density at radius 3 is 1.91 bits per heavy atom. The van der Waals surface area contributed by atoms with Gasteiger partial charge in [0.1, 0.15) is 0 Å². The summed E-state index contributed by atoms with van der Waals surface area (Å²) < 4.78 is 10.4. The number of rotatable bonds is 0. The molecule has 58 valence electrons. The number of hydrogen-bond donors (Lipinski definition) is 0. The van der Waals surface area contributed by atoms with Crippen molar-refractivity contribution in [3.05, 3.63) is 24.3 Å². The van der Waals surface area contributed by atoms with Gasteiger partial charge in [-0.1, -0.05) is 0 Å². The quantitative estimate of drug-likeness (QED) is 0.685. The Balaban J connectivity index is 2.41. The average molecular weight is 298 g/mol. The molecule has 1 aromatic rings. The molecule has 5 heteroatoms. The van der Waals surface area contributed by atoms with Gasteiger partial charge in [-0.25, -0.2) is 0 Å². The minimum atomic E-state index is -3.59. The summed E-state index contributed by atoms with van der Waals surface area (Å²) in [4.78, 5) is 0. The van der Waals surface area contributed by atoms with Crippen molar-refractivity contribution in [2.24, 2.45) is 0 Å². The molecule has 1 heterocycles. The molecule has 0 bridgehead atoms. The molecule has 1 aromatic carbocycles. The molecule has 0 aliphatic carbocycles. The van der Waals surface area contributed by atoms with Gasteiger partial charge in [0.2, 0.25) is 0 Å². The van der Waals surface area contributed by atoms with Crippen LogP contribution in [0.2, 0.25) is 0 Å². The van der Waals surface area contributed by atoms with Crippen LogP contribution >= 0.6 is 17.8 Å². The second kappa shape index (κ2) is 2.61. The summed E-state index contributed by atoms with van der Waals surface area (Å²) in [6.45, 7) is 0. The molecule has 0 radical (unpaired) electrons. The molecule has 2 nitrogen and oxygen atoms in total. The zero-order valence-electron chi connectivity index (χ0n) is 5.38. The van der Waals surface area contributed by atoms with Gasteiger partial charge in [-0.2, -0.15) is 0 Å². The SMILES string of the molecule is [Cl][Sn]1([Cl])[O]c2ccccc2[O]1. The average Bonchev–Trinajstić information content (AvgIpc) is 2.21. The molecule has 0 fully saturated rings. The molecule has 0 unspecified atom stereocenters. The van der Waals surface area contributed by atoms with Crippen LogP contribution in [0.25, 0.3) is 0 Å². The van der Waals surface area contributed by atoms with E-state index in [2.05, 4.69) is 0 Å². The van der Waals surface area contributed by atoms with Gasteiger partial charge < -0.3 is 0 Å². The molecule has 11 heavy (non-hydrogen) atoms. The Morgan fingerprint density at radius 2 is 1.45 bits per heavy atom. The van der Waals surface area contributed by atoms with Crippen LogP contribution in [0.3, 0.4) is 0 Å². The van der Waals surface area contributed by atoms with Crippen molar-refractivity contribution in [3.63, 3.8) is 0 Å². The molecule has 1 aliphatic rings. The normalized spacial score (nSPS) is 18.4. The van der Waals surface area contributed by atoms with Crippen LogP contribution < -0.4 is 6.15 Å². The number of fused-ring (bicyclic) bond motifs is 1.